The van der Waals surface area contributed by atoms with Crippen LogP contribution in [-0.4, -0.2) is 23.8 Å². The summed E-state index contributed by atoms with van der Waals surface area (Å²) < 4.78 is 1.08. The smallest absolute Gasteiger partial charge is 0.0733 e. The van der Waals surface area contributed by atoms with E-state index in [9.17, 15) is 5.11 Å². The van der Waals surface area contributed by atoms with E-state index in [0.29, 0.717) is 0 Å². The minimum absolute atomic E-state index is 0.256. The Bertz CT molecular complexity index is 306. The summed E-state index contributed by atoms with van der Waals surface area (Å²) in [6.45, 7) is 1.04. The summed E-state index contributed by atoms with van der Waals surface area (Å²) in [5, 5.41) is 13.3. The van der Waals surface area contributed by atoms with E-state index in [2.05, 4.69) is 33.4 Å². The highest BCUT2D eigenvalue weighted by Crippen LogP contribution is 2.16. The predicted molar refractivity (Wildman–Crippen MR) is 64.9 cm³/mol. The van der Waals surface area contributed by atoms with E-state index in [1.54, 1.807) is 0 Å². The van der Waals surface area contributed by atoms with Crippen LogP contribution in [0.3, 0.4) is 0 Å². The highest BCUT2D eigenvalue weighted by atomic mass is 79.9. The first-order chi connectivity index (χ1) is 7.25. The van der Waals surface area contributed by atoms with Gasteiger partial charge in [-0.2, -0.15) is 0 Å². The van der Waals surface area contributed by atoms with Gasteiger partial charge in [0.15, 0.2) is 0 Å². The Labute approximate surface area is 98.8 Å². The van der Waals surface area contributed by atoms with Crippen molar-refractivity contribution in [2.75, 3.05) is 6.54 Å². The van der Waals surface area contributed by atoms with Crippen molar-refractivity contribution in [1.82, 2.24) is 5.32 Å². The Balaban J connectivity index is 1.92. The normalized spacial score (nSPS) is 22.9. The second kappa shape index (κ2) is 5.10. The molecule has 82 valence electrons. The summed E-state index contributed by atoms with van der Waals surface area (Å²) in [6.07, 6.45) is 2.76. The molecule has 0 amide bonds. The molecule has 1 saturated heterocycles. The highest BCUT2D eigenvalue weighted by Gasteiger charge is 2.22. The van der Waals surface area contributed by atoms with Crippen LogP contribution in [0.1, 0.15) is 18.4 Å². The average Bonchev–Trinajstić information content (AvgIpc) is 2.74. The van der Waals surface area contributed by atoms with Crippen LogP contribution >= 0.6 is 15.9 Å². The number of rotatable bonds is 3. The molecular formula is C12H16BrNO. The third kappa shape index (κ3) is 3.03. The summed E-state index contributed by atoms with van der Waals surface area (Å²) in [6, 6.07) is 8.44. The third-order valence-corrected chi connectivity index (χ3v) is 3.45. The van der Waals surface area contributed by atoms with E-state index in [1.165, 1.54) is 12.0 Å². The van der Waals surface area contributed by atoms with Gasteiger partial charge in [-0.3, -0.25) is 0 Å². The zero-order chi connectivity index (χ0) is 10.7. The molecule has 1 aromatic rings. The van der Waals surface area contributed by atoms with E-state index < -0.39 is 0 Å². The van der Waals surface area contributed by atoms with Crippen molar-refractivity contribution in [3.8, 4) is 0 Å². The van der Waals surface area contributed by atoms with E-state index in [1.807, 2.05) is 12.1 Å². The molecule has 1 heterocycles. The fraction of sp³-hybridized carbons (Fsp3) is 0.500. The highest BCUT2D eigenvalue weighted by molar-refractivity contribution is 9.10. The van der Waals surface area contributed by atoms with Crippen molar-refractivity contribution in [3.63, 3.8) is 0 Å². The quantitative estimate of drug-likeness (QED) is 0.881. The molecule has 1 aromatic carbocycles. The fourth-order valence-electron chi connectivity index (χ4n) is 2.04. The van der Waals surface area contributed by atoms with Crippen LogP contribution in [0.2, 0.25) is 0 Å². The van der Waals surface area contributed by atoms with Gasteiger partial charge in [0.25, 0.3) is 0 Å². The zero-order valence-electron chi connectivity index (χ0n) is 8.62. The van der Waals surface area contributed by atoms with Gasteiger partial charge in [0, 0.05) is 10.5 Å². The SMILES string of the molecule is OC(Cc1ccc(Br)cc1)C1CCCN1. The second-order valence-electron chi connectivity index (χ2n) is 4.10. The van der Waals surface area contributed by atoms with Crippen molar-refractivity contribution in [3.05, 3.63) is 34.3 Å². The maximum Gasteiger partial charge on any atom is 0.0733 e. The number of benzene rings is 1. The number of nitrogens with one attached hydrogen (secondary N) is 1. The van der Waals surface area contributed by atoms with Gasteiger partial charge in [-0.05, 0) is 43.5 Å². The molecule has 1 aliphatic heterocycles. The first kappa shape index (κ1) is 11.1. The van der Waals surface area contributed by atoms with E-state index in [0.717, 1.165) is 23.9 Å². The molecule has 1 aliphatic rings. The minimum Gasteiger partial charge on any atom is -0.391 e. The molecule has 2 unspecified atom stereocenters. The topological polar surface area (TPSA) is 32.3 Å². The van der Waals surface area contributed by atoms with Crippen molar-refractivity contribution < 1.29 is 5.11 Å². The van der Waals surface area contributed by atoms with Gasteiger partial charge < -0.3 is 10.4 Å². The molecule has 2 rings (SSSR count). The van der Waals surface area contributed by atoms with Gasteiger partial charge in [0.1, 0.15) is 0 Å². The Morgan fingerprint density at radius 3 is 2.73 bits per heavy atom. The zero-order valence-corrected chi connectivity index (χ0v) is 10.2. The number of halogens is 1. The van der Waals surface area contributed by atoms with Crippen LogP contribution in [-0.2, 0) is 6.42 Å². The van der Waals surface area contributed by atoms with Gasteiger partial charge in [-0.15, -0.1) is 0 Å². The second-order valence-corrected chi connectivity index (χ2v) is 5.02. The molecule has 0 radical (unpaired) electrons. The lowest BCUT2D eigenvalue weighted by molar-refractivity contribution is 0.136. The number of hydrogen-bond donors (Lipinski definition) is 2. The molecule has 0 spiro atoms. The summed E-state index contributed by atoms with van der Waals surface area (Å²) >= 11 is 3.40. The molecule has 2 atom stereocenters. The molecule has 0 aliphatic carbocycles. The fourth-order valence-corrected chi connectivity index (χ4v) is 2.31. The van der Waals surface area contributed by atoms with Gasteiger partial charge >= 0.3 is 0 Å². The van der Waals surface area contributed by atoms with Crippen molar-refractivity contribution in [2.45, 2.75) is 31.4 Å². The van der Waals surface area contributed by atoms with Crippen LogP contribution in [0.4, 0.5) is 0 Å². The number of aliphatic hydroxyl groups excluding tert-OH is 1. The summed E-state index contributed by atoms with van der Waals surface area (Å²) in [4.78, 5) is 0. The maximum atomic E-state index is 10.00. The molecule has 1 fully saturated rings. The molecule has 2 N–H and O–H groups in total. The van der Waals surface area contributed by atoms with Crippen LogP contribution in [0.15, 0.2) is 28.7 Å². The third-order valence-electron chi connectivity index (χ3n) is 2.92. The van der Waals surface area contributed by atoms with Crippen LogP contribution in [0.5, 0.6) is 0 Å². The lowest BCUT2D eigenvalue weighted by Crippen LogP contribution is -2.36. The van der Waals surface area contributed by atoms with E-state index in [-0.39, 0.29) is 12.1 Å². The lowest BCUT2D eigenvalue weighted by Gasteiger charge is -2.18. The molecule has 2 nitrogen and oxygen atoms in total. The van der Waals surface area contributed by atoms with Gasteiger partial charge in [-0.25, -0.2) is 0 Å². The van der Waals surface area contributed by atoms with Gasteiger partial charge in [0.2, 0.25) is 0 Å². The maximum absolute atomic E-state index is 10.00. The molecular weight excluding hydrogens is 254 g/mol. The van der Waals surface area contributed by atoms with Gasteiger partial charge in [-0.1, -0.05) is 28.1 Å². The standard InChI is InChI=1S/C12H16BrNO/c13-10-5-3-9(4-6-10)8-12(15)11-2-1-7-14-11/h3-6,11-12,14-15H,1-2,7-8H2. The summed E-state index contributed by atoms with van der Waals surface area (Å²) in [5.74, 6) is 0. The molecule has 0 saturated carbocycles. The molecule has 0 bridgehead atoms. The lowest BCUT2D eigenvalue weighted by atomic mass is 10.0. The minimum atomic E-state index is -0.256. The Morgan fingerprint density at radius 2 is 2.13 bits per heavy atom. The van der Waals surface area contributed by atoms with E-state index in [4.69, 9.17) is 0 Å². The first-order valence-electron chi connectivity index (χ1n) is 5.41. The Morgan fingerprint density at radius 1 is 1.40 bits per heavy atom. The number of aliphatic hydroxyl groups is 1. The predicted octanol–water partition coefficient (Wildman–Crippen LogP) is 2.10. The van der Waals surface area contributed by atoms with Crippen LogP contribution < -0.4 is 5.32 Å². The molecule has 15 heavy (non-hydrogen) atoms. The van der Waals surface area contributed by atoms with Crippen LogP contribution in [0, 0.1) is 0 Å². The molecule has 3 heteroatoms. The van der Waals surface area contributed by atoms with Crippen molar-refractivity contribution >= 4 is 15.9 Å². The van der Waals surface area contributed by atoms with E-state index >= 15 is 0 Å². The largest absolute Gasteiger partial charge is 0.391 e. The Kier molecular flexibility index (Phi) is 3.78. The monoisotopic (exact) mass is 269 g/mol. The summed E-state index contributed by atoms with van der Waals surface area (Å²) in [7, 11) is 0. The van der Waals surface area contributed by atoms with Crippen molar-refractivity contribution in [1.29, 1.82) is 0 Å². The first-order valence-corrected chi connectivity index (χ1v) is 6.21. The van der Waals surface area contributed by atoms with Crippen molar-refractivity contribution in [2.24, 2.45) is 0 Å². The average molecular weight is 270 g/mol. The molecule has 0 aromatic heterocycles. The van der Waals surface area contributed by atoms with Crippen LogP contribution in [0.25, 0.3) is 0 Å². The Hall–Kier alpha value is -0.380. The van der Waals surface area contributed by atoms with Gasteiger partial charge in [0.05, 0.1) is 6.10 Å². The number of hydrogen-bond acceptors (Lipinski definition) is 2. The summed E-state index contributed by atoms with van der Waals surface area (Å²) in [5.41, 5.74) is 1.19.